The first-order valence-electron chi connectivity index (χ1n) is 10.4. The first-order chi connectivity index (χ1) is 13.5. The molecule has 0 aromatic heterocycles. The third-order valence-corrected chi connectivity index (χ3v) is 6.55. The monoisotopic (exact) mass is 385 g/mol. The molecule has 2 atom stereocenters. The lowest BCUT2D eigenvalue weighted by Gasteiger charge is -2.36. The second-order valence-electron chi connectivity index (χ2n) is 8.71. The van der Waals surface area contributed by atoms with Crippen molar-refractivity contribution in [3.63, 3.8) is 0 Å². The lowest BCUT2D eigenvalue weighted by molar-refractivity contribution is -0.129. The van der Waals surface area contributed by atoms with Crippen LogP contribution in [-0.2, 0) is 17.6 Å². The fraction of sp³-hybridized carbons (Fsp3) is 0.636. The molecule has 0 radical (unpaired) electrons. The summed E-state index contributed by atoms with van der Waals surface area (Å²) in [7, 11) is 5.24. The quantitative estimate of drug-likeness (QED) is 0.793. The minimum atomic E-state index is 0.0852. The Kier molecular flexibility index (Phi) is 5.32. The Morgan fingerprint density at radius 3 is 2.57 bits per heavy atom. The molecule has 3 saturated heterocycles. The Hall–Kier alpha value is -2.08. The van der Waals surface area contributed by atoms with E-state index in [4.69, 9.17) is 4.74 Å². The lowest BCUT2D eigenvalue weighted by atomic mass is 9.93. The number of hydrogen-bond donors (Lipinski definition) is 0. The van der Waals surface area contributed by atoms with E-state index < -0.39 is 0 Å². The van der Waals surface area contributed by atoms with Crippen LogP contribution >= 0.6 is 0 Å². The molecule has 0 spiro atoms. The van der Waals surface area contributed by atoms with Crippen molar-refractivity contribution in [3.05, 3.63) is 28.8 Å². The van der Waals surface area contributed by atoms with E-state index >= 15 is 0 Å². The third-order valence-electron chi connectivity index (χ3n) is 6.55. The minimum absolute atomic E-state index is 0.0852. The maximum atomic E-state index is 13.5. The van der Waals surface area contributed by atoms with Gasteiger partial charge in [0.05, 0.1) is 19.2 Å². The summed E-state index contributed by atoms with van der Waals surface area (Å²) < 4.78 is 5.59. The van der Waals surface area contributed by atoms with Crippen LogP contribution in [0.2, 0.25) is 0 Å². The van der Waals surface area contributed by atoms with Gasteiger partial charge in [-0.2, -0.15) is 0 Å². The normalized spacial score (nSPS) is 24.0. The predicted molar refractivity (Wildman–Crippen MR) is 108 cm³/mol. The van der Waals surface area contributed by atoms with Crippen molar-refractivity contribution in [1.82, 2.24) is 14.7 Å². The predicted octanol–water partition coefficient (Wildman–Crippen LogP) is 1.81. The molecule has 3 aliphatic heterocycles. The second kappa shape index (κ2) is 7.74. The standard InChI is InChI=1S/C22H31N3O3/c1-23(2)21(26)14-24-11-15-7-8-18(13-24)25(12-15)22(27)19-9-16-5-4-6-17(16)10-20(19)28-3/h9-10,15,18H,4-8,11-14H2,1-3H3/t15-,18+/m1/s1. The molecule has 2 amide bonds. The van der Waals surface area contributed by atoms with Gasteiger partial charge in [-0.3, -0.25) is 14.5 Å². The van der Waals surface area contributed by atoms with Crippen molar-refractivity contribution in [2.45, 2.75) is 38.1 Å². The van der Waals surface area contributed by atoms with E-state index in [0.717, 1.165) is 51.7 Å². The van der Waals surface area contributed by atoms with Crippen molar-refractivity contribution in [1.29, 1.82) is 0 Å². The van der Waals surface area contributed by atoms with Gasteiger partial charge in [0.25, 0.3) is 5.91 Å². The molecule has 2 bridgehead atoms. The highest BCUT2D eigenvalue weighted by atomic mass is 16.5. The fourth-order valence-corrected chi connectivity index (χ4v) is 4.98. The number of carbonyl (C=O) groups is 2. The number of ether oxygens (including phenoxy) is 1. The molecule has 28 heavy (non-hydrogen) atoms. The number of rotatable bonds is 4. The SMILES string of the molecule is COc1cc2c(cc1C(=O)N1C[C@@H]3CC[C@H]1CN(CC(=O)N(C)C)C3)CCC2. The molecule has 6 nitrogen and oxygen atoms in total. The van der Waals surface area contributed by atoms with Gasteiger partial charge in [0.2, 0.25) is 5.91 Å². The van der Waals surface area contributed by atoms with Crippen molar-refractivity contribution < 1.29 is 14.3 Å². The number of methoxy groups -OCH3 is 1. The fourth-order valence-electron chi connectivity index (χ4n) is 4.98. The zero-order valence-electron chi connectivity index (χ0n) is 17.2. The largest absolute Gasteiger partial charge is 0.496 e. The van der Waals surface area contributed by atoms with Gasteiger partial charge in [-0.05, 0) is 61.3 Å². The van der Waals surface area contributed by atoms with Crippen molar-refractivity contribution >= 4 is 11.8 Å². The number of hydrogen-bond acceptors (Lipinski definition) is 4. The molecule has 1 aromatic carbocycles. The highest BCUT2D eigenvalue weighted by Gasteiger charge is 2.38. The van der Waals surface area contributed by atoms with Crippen LogP contribution in [0.25, 0.3) is 0 Å². The number of amides is 2. The van der Waals surface area contributed by atoms with Crippen LogP contribution in [0.4, 0.5) is 0 Å². The number of nitrogens with zero attached hydrogens (tertiary/aromatic N) is 3. The van der Waals surface area contributed by atoms with Gasteiger partial charge in [-0.1, -0.05) is 0 Å². The molecule has 1 aromatic rings. The molecule has 3 fully saturated rings. The molecule has 6 heteroatoms. The van der Waals surface area contributed by atoms with E-state index in [1.165, 1.54) is 11.1 Å². The molecule has 4 aliphatic rings. The van der Waals surface area contributed by atoms with E-state index in [2.05, 4.69) is 17.0 Å². The molecule has 1 aliphatic carbocycles. The number of fused-ring (bicyclic) bond motifs is 5. The summed E-state index contributed by atoms with van der Waals surface area (Å²) in [4.78, 5) is 31.6. The molecule has 0 unspecified atom stereocenters. The Bertz CT molecular complexity index is 777. The van der Waals surface area contributed by atoms with Crippen LogP contribution in [0, 0.1) is 5.92 Å². The maximum absolute atomic E-state index is 13.5. The third kappa shape index (κ3) is 3.62. The molecule has 152 valence electrons. The van der Waals surface area contributed by atoms with Gasteiger partial charge in [-0.25, -0.2) is 0 Å². The van der Waals surface area contributed by atoms with E-state index in [1.54, 1.807) is 26.1 Å². The highest BCUT2D eigenvalue weighted by Crippen LogP contribution is 2.34. The maximum Gasteiger partial charge on any atom is 0.257 e. The first kappa shape index (κ1) is 19.2. The molecule has 0 N–H and O–H groups in total. The first-order valence-corrected chi connectivity index (χ1v) is 10.4. The number of piperidine rings is 1. The van der Waals surface area contributed by atoms with E-state index in [-0.39, 0.29) is 17.9 Å². The second-order valence-corrected chi connectivity index (χ2v) is 8.71. The number of aryl methyl sites for hydroxylation is 2. The van der Waals surface area contributed by atoms with Gasteiger partial charge < -0.3 is 14.5 Å². The Balaban J connectivity index is 1.55. The van der Waals surface area contributed by atoms with Gasteiger partial charge >= 0.3 is 0 Å². The summed E-state index contributed by atoms with van der Waals surface area (Å²) >= 11 is 0. The molecule has 5 rings (SSSR count). The average Bonchev–Trinajstić information content (AvgIpc) is 2.97. The smallest absolute Gasteiger partial charge is 0.257 e. The molecular weight excluding hydrogens is 354 g/mol. The summed E-state index contributed by atoms with van der Waals surface area (Å²) in [6.45, 7) is 2.87. The number of carbonyl (C=O) groups excluding carboxylic acids is 2. The summed E-state index contributed by atoms with van der Waals surface area (Å²) in [5.41, 5.74) is 3.31. The van der Waals surface area contributed by atoms with Crippen LogP contribution in [0.5, 0.6) is 5.75 Å². The van der Waals surface area contributed by atoms with Crippen LogP contribution < -0.4 is 4.74 Å². The Labute approximate surface area is 167 Å². The van der Waals surface area contributed by atoms with E-state index in [1.807, 2.05) is 4.90 Å². The Morgan fingerprint density at radius 2 is 1.86 bits per heavy atom. The molecule has 3 heterocycles. The van der Waals surface area contributed by atoms with Gasteiger partial charge in [0, 0.05) is 39.8 Å². The van der Waals surface area contributed by atoms with E-state index in [9.17, 15) is 9.59 Å². The van der Waals surface area contributed by atoms with Crippen molar-refractivity contribution in [2.24, 2.45) is 5.92 Å². The summed E-state index contributed by atoms with van der Waals surface area (Å²) in [6.07, 6.45) is 5.41. The highest BCUT2D eigenvalue weighted by molar-refractivity contribution is 5.97. The van der Waals surface area contributed by atoms with Crippen LogP contribution in [0.3, 0.4) is 0 Å². The number of benzene rings is 1. The van der Waals surface area contributed by atoms with Crippen LogP contribution in [0.15, 0.2) is 12.1 Å². The zero-order chi connectivity index (χ0) is 19.8. The average molecular weight is 386 g/mol. The summed E-state index contributed by atoms with van der Waals surface area (Å²) in [5.74, 6) is 1.34. The van der Waals surface area contributed by atoms with Gasteiger partial charge in [0.15, 0.2) is 0 Å². The van der Waals surface area contributed by atoms with Crippen LogP contribution in [-0.4, -0.2) is 79.9 Å². The molecule has 0 saturated carbocycles. The lowest BCUT2D eigenvalue weighted by Crippen LogP contribution is -2.48. The topological polar surface area (TPSA) is 53.1 Å². The van der Waals surface area contributed by atoms with Gasteiger partial charge in [-0.15, -0.1) is 0 Å². The summed E-state index contributed by atoms with van der Waals surface area (Å²) in [5, 5.41) is 0. The summed E-state index contributed by atoms with van der Waals surface area (Å²) in [6, 6.07) is 4.29. The Morgan fingerprint density at radius 1 is 1.11 bits per heavy atom. The van der Waals surface area contributed by atoms with Crippen LogP contribution in [0.1, 0.15) is 40.7 Å². The van der Waals surface area contributed by atoms with Crippen molar-refractivity contribution in [2.75, 3.05) is 47.4 Å². The molecular formula is C22H31N3O3. The number of likely N-dealkylation sites (N-methyl/N-ethyl adjacent to an activating group) is 1. The minimum Gasteiger partial charge on any atom is -0.496 e. The van der Waals surface area contributed by atoms with Crippen molar-refractivity contribution in [3.8, 4) is 5.75 Å². The van der Waals surface area contributed by atoms with Gasteiger partial charge in [0.1, 0.15) is 5.75 Å². The van der Waals surface area contributed by atoms with E-state index in [0.29, 0.717) is 23.8 Å². The zero-order valence-corrected chi connectivity index (χ0v) is 17.2.